The maximum Gasteiger partial charge on any atom is 0.322 e. The predicted molar refractivity (Wildman–Crippen MR) is 69.5 cm³/mol. The standard InChI is InChI=1S/C13H17NO2.ClH/c1-16-13(15)12-8-7-11(9-14-12)10-5-3-2-4-6-10;/h2-6,11-12,14H,7-9H2,1H3;1H. The highest BCUT2D eigenvalue weighted by Gasteiger charge is 2.26. The van der Waals surface area contributed by atoms with E-state index in [1.807, 2.05) is 6.07 Å². The van der Waals surface area contributed by atoms with Gasteiger partial charge in [-0.15, -0.1) is 12.4 Å². The topological polar surface area (TPSA) is 38.3 Å². The Bertz CT molecular complexity index is 348. The van der Waals surface area contributed by atoms with Crippen LogP contribution < -0.4 is 5.32 Å². The van der Waals surface area contributed by atoms with Crippen molar-refractivity contribution in [1.82, 2.24) is 5.32 Å². The Balaban J connectivity index is 0.00000144. The highest BCUT2D eigenvalue weighted by molar-refractivity contribution is 5.85. The van der Waals surface area contributed by atoms with Gasteiger partial charge in [0.15, 0.2) is 0 Å². The van der Waals surface area contributed by atoms with Gasteiger partial charge in [0, 0.05) is 6.54 Å². The van der Waals surface area contributed by atoms with E-state index in [2.05, 4.69) is 29.6 Å². The number of piperidine rings is 1. The fourth-order valence-corrected chi connectivity index (χ4v) is 2.21. The molecule has 0 radical (unpaired) electrons. The monoisotopic (exact) mass is 255 g/mol. The predicted octanol–water partition coefficient (Wildman–Crippen LogP) is 2.12. The third kappa shape index (κ3) is 3.45. The summed E-state index contributed by atoms with van der Waals surface area (Å²) in [4.78, 5) is 11.3. The van der Waals surface area contributed by atoms with Gasteiger partial charge in [-0.25, -0.2) is 0 Å². The van der Waals surface area contributed by atoms with Crippen molar-refractivity contribution in [1.29, 1.82) is 0 Å². The van der Waals surface area contributed by atoms with Gasteiger partial charge in [0.2, 0.25) is 0 Å². The van der Waals surface area contributed by atoms with E-state index in [9.17, 15) is 4.79 Å². The van der Waals surface area contributed by atoms with Crippen LogP contribution in [0.15, 0.2) is 30.3 Å². The van der Waals surface area contributed by atoms with Crippen molar-refractivity contribution < 1.29 is 9.53 Å². The van der Waals surface area contributed by atoms with E-state index in [-0.39, 0.29) is 24.4 Å². The van der Waals surface area contributed by atoms with Crippen LogP contribution in [0.3, 0.4) is 0 Å². The number of hydrogen-bond acceptors (Lipinski definition) is 3. The Morgan fingerprint density at radius 1 is 1.29 bits per heavy atom. The summed E-state index contributed by atoms with van der Waals surface area (Å²) in [5.74, 6) is 0.369. The third-order valence-electron chi connectivity index (χ3n) is 3.17. The molecule has 1 aromatic carbocycles. The van der Waals surface area contributed by atoms with E-state index < -0.39 is 0 Å². The van der Waals surface area contributed by atoms with Gasteiger partial charge in [-0.05, 0) is 24.3 Å². The number of carbonyl (C=O) groups is 1. The number of methoxy groups -OCH3 is 1. The number of hydrogen-bond donors (Lipinski definition) is 1. The summed E-state index contributed by atoms with van der Waals surface area (Å²) < 4.78 is 4.73. The number of carbonyl (C=O) groups excluding carboxylic acids is 1. The molecule has 4 heteroatoms. The zero-order chi connectivity index (χ0) is 11.4. The molecule has 1 aliphatic heterocycles. The van der Waals surface area contributed by atoms with Gasteiger partial charge < -0.3 is 10.1 Å². The number of nitrogens with one attached hydrogen (secondary N) is 1. The fraction of sp³-hybridized carbons (Fsp3) is 0.462. The summed E-state index contributed by atoms with van der Waals surface area (Å²) in [5, 5.41) is 3.24. The lowest BCUT2D eigenvalue weighted by molar-refractivity contribution is -0.143. The molecule has 0 aliphatic carbocycles. The normalized spacial score (nSPS) is 23.6. The van der Waals surface area contributed by atoms with Crippen LogP contribution >= 0.6 is 12.4 Å². The average Bonchev–Trinajstić information content (AvgIpc) is 2.39. The first-order chi connectivity index (χ1) is 7.81. The molecule has 1 aromatic rings. The fourth-order valence-electron chi connectivity index (χ4n) is 2.21. The van der Waals surface area contributed by atoms with Crippen LogP contribution in [0.4, 0.5) is 0 Å². The number of benzene rings is 1. The highest BCUT2D eigenvalue weighted by Crippen LogP contribution is 2.25. The van der Waals surface area contributed by atoms with E-state index in [4.69, 9.17) is 4.74 Å². The summed E-state index contributed by atoms with van der Waals surface area (Å²) in [5.41, 5.74) is 1.35. The minimum atomic E-state index is -0.147. The van der Waals surface area contributed by atoms with Crippen LogP contribution in [0.5, 0.6) is 0 Å². The Hall–Kier alpha value is -1.06. The molecule has 1 N–H and O–H groups in total. The average molecular weight is 256 g/mol. The maximum atomic E-state index is 11.3. The van der Waals surface area contributed by atoms with Crippen LogP contribution in [0.1, 0.15) is 24.3 Å². The number of rotatable bonds is 2. The summed E-state index contributed by atoms with van der Waals surface area (Å²) in [6.45, 7) is 0.851. The molecule has 2 rings (SSSR count). The van der Waals surface area contributed by atoms with E-state index >= 15 is 0 Å². The first-order valence-electron chi connectivity index (χ1n) is 5.67. The van der Waals surface area contributed by atoms with E-state index in [0.717, 1.165) is 19.4 Å². The van der Waals surface area contributed by atoms with Crippen molar-refractivity contribution >= 4 is 18.4 Å². The molecule has 17 heavy (non-hydrogen) atoms. The number of halogens is 1. The van der Waals surface area contributed by atoms with Crippen LogP contribution in [-0.2, 0) is 9.53 Å². The molecule has 0 saturated carbocycles. The van der Waals surface area contributed by atoms with Gasteiger partial charge >= 0.3 is 5.97 Å². The molecule has 94 valence electrons. The molecular formula is C13H18ClNO2. The molecule has 0 aromatic heterocycles. The minimum Gasteiger partial charge on any atom is -0.468 e. The summed E-state index contributed by atoms with van der Waals surface area (Å²) >= 11 is 0. The Morgan fingerprint density at radius 3 is 2.53 bits per heavy atom. The Labute approximate surface area is 108 Å². The lowest BCUT2D eigenvalue weighted by Gasteiger charge is -2.28. The smallest absolute Gasteiger partial charge is 0.322 e. The van der Waals surface area contributed by atoms with Gasteiger partial charge in [-0.2, -0.15) is 0 Å². The number of ether oxygens (including phenoxy) is 1. The van der Waals surface area contributed by atoms with Gasteiger partial charge in [-0.1, -0.05) is 30.3 Å². The summed E-state index contributed by atoms with van der Waals surface area (Å²) in [6, 6.07) is 10.3. The molecule has 1 aliphatic rings. The van der Waals surface area contributed by atoms with E-state index in [1.54, 1.807) is 0 Å². The van der Waals surface area contributed by atoms with Crippen molar-refractivity contribution in [2.24, 2.45) is 0 Å². The van der Waals surface area contributed by atoms with Crippen LogP contribution in [0, 0.1) is 0 Å². The molecule has 3 nitrogen and oxygen atoms in total. The van der Waals surface area contributed by atoms with Crippen molar-refractivity contribution in [3.05, 3.63) is 35.9 Å². The largest absolute Gasteiger partial charge is 0.468 e. The molecule has 2 atom stereocenters. The molecule has 0 spiro atoms. The third-order valence-corrected chi connectivity index (χ3v) is 3.17. The van der Waals surface area contributed by atoms with Gasteiger partial charge in [-0.3, -0.25) is 4.79 Å². The SMILES string of the molecule is COC(=O)C1CCC(c2ccccc2)CN1.Cl. The van der Waals surface area contributed by atoms with Crippen molar-refractivity contribution in [3.8, 4) is 0 Å². The first-order valence-corrected chi connectivity index (χ1v) is 5.67. The van der Waals surface area contributed by atoms with Crippen LogP contribution in [0.2, 0.25) is 0 Å². The highest BCUT2D eigenvalue weighted by atomic mass is 35.5. The molecule has 2 unspecified atom stereocenters. The molecule has 1 saturated heterocycles. The lowest BCUT2D eigenvalue weighted by atomic mass is 9.89. The lowest BCUT2D eigenvalue weighted by Crippen LogP contribution is -2.43. The molecule has 1 fully saturated rings. The van der Waals surface area contributed by atoms with Crippen molar-refractivity contribution in [2.75, 3.05) is 13.7 Å². The van der Waals surface area contributed by atoms with E-state index in [0.29, 0.717) is 5.92 Å². The Morgan fingerprint density at radius 2 is 2.00 bits per heavy atom. The van der Waals surface area contributed by atoms with Gasteiger partial charge in [0.05, 0.1) is 7.11 Å². The molecule has 1 heterocycles. The van der Waals surface area contributed by atoms with Crippen molar-refractivity contribution in [2.45, 2.75) is 24.8 Å². The molecular weight excluding hydrogens is 238 g/mol. The van der Waals surface area contributed by atoms with Gasteiger partial charge in [0.25, 0.3) is 0 Å². The zero-order valence-corrected chi connectivity index (χ0v) is 10.7. The van der Waals surface area contributed by atoms with Crippen LogP contribution in [0.25, 0.3) is 0 Å². The van der Waals surface area contributed by atoms with E-state index in [1.165, 1.54) is 12.7 Å². The second-order valence-corrected chi connectivity index (χ2v) is 4.17. The zero-order valence-electron chi connectivity index (χ0n) is 9.89. The second kappa shape index (κ2) is 6.62. The number of esters is 1. The summed E-state index contributed by atoms with van der Waals surface area (Å²) in [6.07, 6.45) is 1.89. The molecule has 0 amide bonds. The second-order valence-electron chi connectivity index (χ2n) is 4.17. The summed E-state index contributed by atoms with van der Waals surface area (Å²) in [7, 11) is 1.44. The molecule has 0 bridgehead atoms. The quantitative estimate of drug-likeness (QED) is 0.823. The van der Waals surface area contributed by atoms with Crippen molar-refractivity contribution in [3.63, 3.8) is 0 Å². The maximum absolute atomic E-state index is 11.3. The Kier molecular flexibility index (Phi) is 5.45. The first kappa shape index (κ1) is 14.0. The van der Waals surface area contributed by atoms with Crippen LogP contribution in [-0.4, -0.2) is 25.7 Å². The van der Waals surface area contributed by atoms with Gasteiger partial charge in [0.1, 0.15) is 6.04 Å². The minimum absolute atomic E-state index is 0.